The number of carboxylic acids is 1. The van der Waals surface area contributed by atoms with E-state index in [0.29, 0.717) is 44.2 Å². The van der Waals surface area contributed by atoms with Crippen molar-refractivity contribution in [3.05, 3.63) is 28.8 Å². The standard InChI is InChI=1S/C22H30N4O6/c1-26-7-6-21-10-12(25-20(31)14(23)9-16(27)28)4-5-22(21,32)15(26)8-11-2-3-13(19(24)30)18(29)17(11)21/h2-3,12,14-15,29,32H,4-10,23H2,1H3,(H2,24,30)(H,25,31)(H,27,28)/t12-,14+,15-,21-,22-/m1/s1. The van der Waals surface area contributed by atoms with Gasteiger partial charge in [-0.3, -0.25) is 14.4 Å². The monoisotopic (exact) mass is 446 g/mol. The lowest BCUT2D eigenvalue weighted by Crippen LogP contribution is -2.73. The third kappa shape index (κ3) is 3.25. The molecule has 32 heavy (non-hydrogen) atoms. The Balaban J connectivity index is 1.75. The SMILES string of the molecule is CN1CC[C@]23C[C@H](NC(=O)[C@@H](N)CC(=O)O)CC[C@@]2(O)[C@H]1Cc1ccc(C(N)=O)c(O)c13. The molecule has 1 aromatic carbocycles. The van der Waals surface area contributed by atoms with Crippen LogP contribution in [0.2, 0.25) is 0 Å². The molecule has 1 saturated heterocycles. The molecule has 2 amide bonds. The van der Waals surface area contributed by atoms with Crippen LogP contribution in [0.4, 0.5) is 0 Å². The minimum atomic E-state index is -1.18. The summed E-state index contributed by atoms with van der Waals surface area (Å²) in [7, 11) is 1.97. The zero-order chi connectivity index (χ0) is 23.4. The van der Waals surface area contributed by atoms with Gasteiger partial charge in [-0.05, 0) is 57.3 Å². The third-order valence-electron chi connectivity index (χ3n) is 7.77. The zero-order valence-electron chi connectivity index (χ0n) is 18.0. The molecule has 3 aliphatic rings. The normalized spacial score (nSPS) is 32.3. The highest BCUT2D eigenvalue weighted by Gasteiger charge is 2.65. The van der Waals surface area contributed by atoms with Crippen molar-refractivity contribution in [1.82, 2.24) is 10.2 Å². The average molecular weight is 447 g/mol. The van der Waals surface area contributed by atoms with Crippen LogP contribution in [0.3, 0.4) is 0 Å². The number of nitrogens with two attached hydrogens (primary N) is 2. The molecule has 0 spiro atoms. The molecule has 4 rings (SSSR count). The highest BCUT2D eigenvalue weighted by atomic mass is 16.4. The number of piperidine rings is 1. The zero-order valence-corrected chi connectivity index (χ0v) is 18.0. The number of aromatic hydroxyl groups is 1. The molecule has 1 aromatic rings. The number of aliphatic hydroxyl groups is 1. The van der Waals surface area contributed by atoms with Gasteiger partial charge in [-0.2, -0.15) is 0 Å². The van der Waals surface area contributed by atoms with Crippen molar-refractivity contribution < 1.29 is 29.7 Å². The number of carbonyl (C=O) groups is 3. The van der Waals surface area contributed by atoms with Crippen molar-refractivity contribution in [3.8, 4) is 5.75 Å². The lowest BCUT2D eigenvalue weighted by atomic mass is 9.48. The van der Waals surface area contributed by atoms with Gasteiger partial charge in [-0.1, -0.05) is 6.07 Å². The van der Waals surface area contributed by atoms with Gasteiger partial charge < -0.3 is 37.0 Å². The van der Waals surface area contributed by atoms with Crippen LogP contribution in [0.15, 0.2) is 12.1 Å². The van der Waals surface area contributed by atoms with E-state index in [0.717, 1.165) is 5.56 Å². The number of hydrogen-bond donors (Lipinski definition) is 6. The molecular weight excluding hydrogens is 416 g/mol. The number of hydrogen-bond acceptors (Lipinski definition) is 7. The van der Waals surface area contributed by atoms with Gasteiger partial charge in [0.05, 0.1) is 23.6 Å². The summed E-state index contributed by atoms with van der Waals surface area (Å²) in [6.45, 7) is 0.672. The average Bonchev–Trinajstić information content (AvgIpc) is 2.70. The molecule has 1 aliphatic heterocycles. The number of aliphatic carboxylic acids is 1. The maximum absolute atomic E-state index is 12.5. The predicted octanol–water partition coefficient (Wildman–Crippen LogP) is -0.809. The quantitative estimate of drug-likeness (QED) is 0.340. The van der Waals surface area contributed by atoms with Crippen LogP contribution >= 0.6 is 0 Å². The van der Waals surface area contributed by atoms with E-state index in [4.69, 9.17) is 16.6 Å². The first kappa shape index (κ1) is 22.5. The molecule has 0 radical (unpaired) electrons. The number of primary amides is 1. The maximum atomic E-state index is 12.5. The van der Waals surface area contributed by atoms with Gasteiger partial charge in [-0.25, -0.2) is 0 Å². The van der Waals surface area contributed by atoms with E-state index in [1.54, 1.807) is 6.07 Å². The molecular formula is C22H30N4O6. The van der Waals surface area contributed by atoms with E-state index in [-0.39, 0.29) is 23.4 Å². The van der Waals surface area contributed by atoms with Crippen LogP contribution in [-0.2, 0) is 21.4 Å². The molecule has 8 N–H and O–H groups in total. The van der Waals surface area contributed by atoms with Crippen molar-refractivity contribution in [1.29, 1.82) is 0 Å². The topological polar surface area (TPSA) is 179 Å². The number of rotatable bonds is 5. The van der Waals surface area contributed by atoms with E-state index < -0.39 is 41.3 Å². The van der Waals surface area contributed by atoms with E-state index in [9.17, 15) is 24.6 Å². The predicted molar refractivity (Wildman–Crippen MR) is 114 cm³/mol. The van der Waals surface area contributed by atoms with Crippen LogP contribution in [0.5, 0.6) is 5.75 Å². The number of phenols is 1. The molecule has 2 bridgehead atoms. The summed E-state index contributed by atoms with van der Waals surface area (Å²) in [6, 6.07) is 1.58. The van der Waals surface area contributed by atoms with Gasteiger partial charge in [0.2, 0.25) is 5.91 Å². The Kier molecular flexibility index (Phi) is 5.43. The highest BCUT2D eigenvalue weighted by Crippen LogP contribution is 2.60. The van der Waals surface area contributed by atoms with Gasteiger partial charge in [0.25, 0.3) is 5.91 Å². The minimum absolute atomic E-state index is 0.00694. The molecule has 1 saturated carbocycles. The Morgan fingerprint density at radius 3 is 2.69 bits per heavy atom. The Morgan fingerprint density at radius 2 is 2.03 bits per heavy atom. The Bertz CT molecular complexity index is 983. The first-order valence-electron chi connectivity index (χ1n) is 10.9. The van der Waals surface area contributed by atoms with Crippen molar-refractivity contribution >= 4 is 17.8 Å². The van der Waals surface area contributed by atoms with Gasteiger partial charge in [0, 0.05) is 23.1 Å². The van der Waals surface area contributed by atoms with E-state index in [1.807, 2.05) is 7.05 Å². The summed E-state index contributed by atoms with van der Waals surface area (Å²) in [6.07, 6.45) is 1.76. The number of nitrogens with zero attached hydrogens (tertiary/aromatic N) is 1. The van der Waals surface area contributed by atoms with Crippen LogP contribution in [0.1, 0.15) is 53.6 Å². The summed E-state index contributed by atoms with van der Waals surface area (Å²) in [5.74, 6) is -2.67. The smallest absolute Gasteiger partial charge is 0.305 e. The van der Waals surface area contributed by atoms with Crippen LogP contribution in [0.25, 0.3) is 0 Å². The van der Waals surface area contributed by atoms with Crippen molar-refractivity contribution in [3.63, 3.8) is 0 Å². The molecule has 2 aliphatic carbocycles. The second kappa shape index (κ2) is 7.72. The van der Waals surface area contributed by atoms with Crippen LogP contribution < -0.4 is 16.8 Å². The summed E-state index contributed by atoms with van der Waals surface area (Å²) >= 11 is 0. The molecule has 174 valence electrons. The van der Waals surface area contributed by atoms with Gasteiger partial charge >= 0.3 is 5.97 Å². The van der Waals surface area contributed by atoms with E-state index in [2.05, 4.69) is 10.2 Å². The Labute approximate surface area is 185 Å². The van der Waals surface area contributed by atoms with Gasteiger partial charge in [0.1, 0.15) is 5.75 Å². The number of amides is 2. The minimum Gasteiger partial charge on any atom is -0.507 e. The number of benzene rings is 1. The third-order valence-corrected chi connectivity index (χ3v) is 7.77. The van der Waals surface area contributed by atoms with Crippen molar-refractivity contribution in [2.45, 2.75) is 67.7 Å². The number of likely N-dealkylation sites (tertiary alicyclic amines) is 1. The second-order valence-corrected chi connectivity index (χ2v) is 9.47. The van der Waals surface area contributed by atoms with Crippen LogP contribution in [-0.4, -0.2) is 75.3 Å². The summed E-state index contributed by atoms with van der Waals surface area (Å²) in [5.41, 5.74) is 10.5. The molecule has 0 unspecified atom stereocenters. The molecule has 5 atom stereocenters. The Morgan fingerprint density at radius 1 is 1.31 bits per heavy atom. The van der Waals surface area contributed by atoms with Crippen molar-refractivity contribution in [2.75, 3.05) is 13.6 Å². The first-order chi connectivity index (χ1) is 15.0. The number of carboxylic acid groups (broad SMARTS) is 1. The molecule has 10 heteroatoms. The van der Waals surface area contributed by atoms with Crippen molar-refractivity contribution in [2.24, 2.45) is 11.5 Å². The summed E-state index contributed by atoms with van der Waals surface area (Å²) in [5, 5.41) is 34.9. The molecule has 1 heterocycles. The lowest BCUT2D eigenvalue weighted by Gasteiger charge is -2.64. The number of carbonyl (C=O) groups excluding carboxylic acids is 2. The summed E-state index contributed by atoms with van der Waals surface area (Å²) < 4.78 is 0. The number of fused-ring (bicyclic) bond motifs is 1. The number of nitrogens with one attached hydrogen (secondary N) is 1. The van der Waals surface area contributed by atoms with Gasteiger partial charge in [-0.15, -0.1) is 0 Å². The van der Waals surface area contributed by atoms with Gasteiger partial charge in [0.15, 0.2) is 0 Å². The maximum Gasteiger partial charge on any atom is 0.305 e. The lowest BCUT2D eigenvalue weighted by molar-refractivity contribution is -0.166. The molecule has 2 fully saturated rings. The highest BCUT2D eigenvalue weighted by molar-refractivity contribution is 5.96. The fourth-order valence-electron chi connectivity index (χ4n) is 6.25. The Hall–Kier alpha value is -2.69. The largest absolute Gasteiger partial charge is 0.507 e. The summed E-state index contributed by atoms with van der Waals surface area (Å²) in [4.78, 5) is 37.4. The fourth-order valence-corrected chi connectivity index (χ4v) is 6.25. The van der Waals surface area contributed by atoms with Crippen LogP contribution in [0, 0.1) is 0 Å². The van der Waals surface area contributed by atoms with E-state index >= 15 is 0 Å². The molecule has 10 nitrogen and oxygen atoms in total. The van der Waals surface area contributed by atoms with E-state index in [1.165, 1.54) is 6.07 Å². The molecule has 0 aromatic heterocycles. The fraction of sp³-hybridized carbons (Fsp3) is 0.591. The second-order valence-electron chi connectivity index (χ2n) is 9.47. The first-order valence-corrected chi connectivity index (χ1v) is 10.9. The number of likely N-dealkylation sites (N-methyl/N-ethyl adjacent to an activating group) is 1.